The Hall–Kier alpha value is -3.19. The van der Waals surface area contributed by atoms with Crippen molar-refractivity contribution < 1.29 is 5.11 Å². The third kappa shape index (κ3) is 2.54. The molecule has 7 heteroatoms. The molecule has 0 saturated heterocycles. The molecule has 0 spiro atoms. The van der Waals surface area contributed by atoms with Gasteiger partial charge in [-0.2, -0.15) is 5.10 Å². The number of anilines is 2. The lowest BCUT2D eigenvalue weighted by Gasteiger charge is -2.12. The standard InChI is InChI=1S/C18H17N5O2/c1-11-5-6-23-16(7-11)21-17(14(10-24)18(23)25)20-13-3-4-15-12(8-13)9-19-22(15)2/h3-9,20,24H,10H2,1-2H3. The van der Waals surface area contributed by atoms with E-state index in [-0.39, 0.29) is 17.7 Å². The van der Waals surface area contributed by atoms with Gasteiger partial charge in [-0.15, -0.1) is 0 Å². The highest BCUT2D eigenvalue weighted by Gasteiger charge is 2.13. The lowest BCUT2D eigenvalue weighted by molar-refractivity contribution is 0.280. The molecule has 0 aliphatic carbocycles. The van der Waals surface area contributed by atoms with Crippen LogP contribution in [0.5, 0.6) is 0 Å². The Bertz CT molecular complexity index is 1160. The monoisotopic (exact) mass is 335 g/mol. The fourth-order valence-corrected chi connectivity index (χ4v) is 2.90. The second-order valence-corrected chi connectivity index (χ2v) is 6.00. The van der Waals surface area contributed by atoms with E-state index in [1.165, 1.54) is 4.40 Å². The predicted molar refractivity (Wildman–Crippen MR) is 96.1 cm³/mol. The van der Waals surface area contributed by atoms with E-state index in [4.69, 9.17) is 0 Å². The van der Waals surface area contributed by atoms with Crippen LogP contribution in [0.2, 0.25) is 0 Å². The molecule has 0 unspecified atom stereocenters. The van der Waals surface area contributed by atoms with E-state index < -0.39 is 0 Å². The van der Waals surface area contributed by atoms with Crippen molar-refractivity contribution in [3.8, 4) is 0 Å². The van der Waals surface area contributed by atoms with Crippen molar-refractivity contribution in [1.82, 2.24) is 19.2 Å². The summed E-state index contributed by atoms with van der Waals surface area (Å²) in [6.07, 6.45) is 3.45. The van der Waals surface area contributed by atoms with E-state index in [0.717, 1.165) is 22.2 Å². The number of aryl methyl sites for hydroxylation is 2. The molecule has 3 aromatic heterocycles. The number of hydrogen-bond acceptors (Lipinski definition) is 5. The summed E-state index contributed by atoms with van der Waals surface area (Å²) in [5, 5.41) is 18.0. The highest BCUT2D eigenvalue weighted by Crippen LogP contribution is 2.22. The van der Waals surface area contributed by atoms with E-state index >= 15 is 0 Å². The van der Waals surface area contributed by atoms with Gasteiger partial charge in [0.2, 0.25) is 0 Å². The van der Waals surface area contributed by atoms with Gasteiger partial charge < -0.3 is 10.4 Å². The SMILES string of the molecule is Cc1ccn2c(=O)c(CO)c(Nc3ccc4c(cnn4C)c3)nc2c1. The smallest absolute Gasteiger partial charge is 0.265 e. The molecular weight excluding hydrogens is 318 g/mol. The summed E-state index contributed by atoms with van der Waals surface area (Å²) in [7, 11) is 1.88. The lowest BCUT2D eigenvalue weighted by atomic mass is 10.2. The molecule has 0 bridgehead atoms. The van der Waals surface area contributed by atoms with Crippen LogP contribution in [-0.2, 0) is 13.7 Å². The van der Waals surface area contributed by atoms with Gasteiger partial charge in [0, 0.05) is 24.3 Å². The van der Waals surface area contributed by atoms with Gasteiger partial charge in [-0.05, 0) is 42.8 Å². The van der Waals surface area contributed by atoms with Crippen LogP contribution in [0.4, 0.5) is 11.5 Å². The third-order valence-electron chi connectivity index (χ3n) is 4.25. The van der Waals surface area contributed by atoms with Crippen LogP contribution in [0.25, 0.3) is 16.6 Å². The van der Waals surface area contributed by atoms with Crippen molar-refractivity contribution in [2.75, 3.05) is 5.32 Å². The summed E-state index contributed by atoms with van der Waals surface area (Å²) in [4.78, 5) is 17.1. The number of benzene rings is 1. The molecule has 25 heavy (non-hydrogen) atoms. The number of pyridine rings is 1. The maximum Gasteiger partial charge on any atom is 0.265 e. The minimum absolute atomic E-state index is 0.229. The first-order valence-corrected chi connectivity index (χ1v) is 7.88. The van der Waals surface area contributed by atoms with Crippen molar-refractivity contribution in [2.24, 2.45) is 7.05 Å². The van der Waals surface area contributed by atoms with Gasteiger partial charge in [0.1, 0.15) is 11.5 Å². The van der Waals surface area contributed by atoms with E-state index in [2.05, 4.69) is 15.4 Å². The fourth-order valence-electron chi connectivity index (χ4n) is 2.90. The first-order chi connectivity index (χ1) is 12.1. The fraction of sp³-hybridized carbons (Fsp3) is 0.167. The number of aliphatic hydroxyl groups is 1. The topological polar surface area (TPSA) is 84.5 Å². The van der Waals surface area contributed by atoms with Crippen LogP contribution in [0.3, 0.4) is 0 Å². The first kappa shape index (κ1) is 15.3. The summed E-state index contributed by atoms with van der Waals surface area (Å²) in [6, 6.07) is 9.44. The minimum atomic E-state index is -0.389. The largest absolute Gasteiger partial charge is 0.391 e. The van der Waals surface area contributed by atoms with Crippen LogP contribution in [0.1, 0.15) is 11.1 Å². The van der Waals surface area contributed by atoms with Crippen molar-refractivity contribution >= 4 is 28.1 Å². The molecule has 4 rings (SSSR count). The van der Waals surface area contributed by atoms with Gasteiger partial charge >= 0.3 is 0 Å². The molecule has 3 heterocycles. The summed E-state index contributed by atoms with van der Waals surface area (Å²) in [5.74, 6) is 0.362. The van der Waals surface area contributed by atoms with Crippen LogP contribution >= 0.6 is 0 Å². The van der Waals surface area contributed by atoms with Gasteiger partial charge in [0.15, 0.2) is 0 Å². The second kappa shape index (κ2) is 5.71. The molecule has 0 aliphatic rings. The number of rotatable bonds is 3. The first-order valence-electron chi connectivity index (χ1n) is 7.88. The summed E-state index contributed by atoms with van der Waals surface area (Å²) in [6.45, 7) is 1.55. The minimum Gasteiger partial charge on any atom is -0.391 e. The Morgan fingerprint density at radius 3 is 2.88 bits per heavy atom. The van der Waals surface area contributed by atoms with E-state index in [1.807, 2.05) is 44.3 Å². The van der Waals surface area contributed by atoms with Crippen LogP contribution in [-0.4, -0.2) is 24.3 Å². The Morgan fingerprint density at radius 2 is 2.08 bits per heavy atom. The quantitative estimate of drug-likeness (QED) is 0.599. The Kier molecular flexibility index (Phi) is 3.51. The van der Waals surface area contributed by atoms with E-state index in [1.54, 1.807) is 17.1 Å². The van der Waals surface area contributed by atoms with E-state index in [9.17, 15) is 9.90 Å². The molecule has 126 valence electrons. The summed E-state index contributed by atoms with van der Waals surface area (Å²) >= 11 is 0. The molecule has 7 nitrogen and oxygen atoms in total. The van der Waals surface area contributed by atoms with Crippen molar-refractivity contribution in [2.45, 2.75) is 13.5 Å². The van der Waals surface area contributed by atoms with Gasteiger partial charge in [0.25, 0.3) is 5.56 Å². The molecular formula is C18H17N5O2. The maximum absolute atomic E-state index is 12.6. The number of aromatic nitrogens is 4. The molecule has 0 fully saturated rings. The molecule has 0 amide bonds. The number of nitrogens with one attached hydrogen (secondary N) is 1. The van der Waals surface area contributed by atoms with Crippen LogP contribution in [0, 0.1) is 6.92 Å². The zero-order valence-corrected chi connectivity index (χ0v) is 13.9. The molecule has 4 aromatic rings. The average Bonchev–Trinajstić information content (AvgIpc) is 2.95. The number of fused-ring (bicyclic) bond motifs is 2. The number of hydrogen-bond donors (Lipinski definition) is 2. The molecule has 0 atom stereocenters. The van der Waals surface area contributed by atoms with Crippen LogP contribution < -0.4 is 10.9 Å². The Labute approximate surface area is 143 Å². The summed E-state index contributed by atoms with van der Waals surface area (Å²) in [5.41, 5.74) is 3.28. The van der Waals surface area contributed by atoms with Crippen LogP contribution in [0.15, 0.2) is 47.5 Å². The zero-order valence-electron chi connectivity index (χ0n) is 13.9. The second-order valence-electron chi connectivity index (χ2n) is 6.00. The van der Waals surface area contributed by atoms with E-state index in [0.29, 0.717) is 11.5 Å². The van der Waals surface area contributed by atoms with Gasteiger partial charge in [-0.3, -0.25) is 13.9 Å². The van der Waals surface area contributed by atoms with Gasteiger partial charge in [-0.25, -0.2) is 4.98 Å². The van der Waals surface area contributed by atoms with Crippen molar-refractivity contribution in [3.05, 3.63) is 64.2 Å². The molecule has 0 aliphatic heterocycles. The van der Waals surface area contributed by atoms with Gasteiger partial charge in [0.05, 0.1) is 23.9 Å². The molecule has 2 N–H and O–H groups in total. The normalized spacial score (nSPS) is 11.3. The summed E-state index contributed by atoms with van der Waals surface area (Å²) < 4.78 is 3.23. The highest BCUT2D eigenvalue weighted by atomic mass is 16.3. The van der Waals surface area contributed by atoms with Crippen molar-refractivity contribution in [1.29, 1.82) is 0 Å². The lowest BCUT2D eigenvalue weighted by Crippen LogP contribution is -2.21. The maximum atomic E-state index is 12.6. The predicted octanol–water partition coefficient (Wildman–Crippen LogP) is 2.13. The molecule has 1 aromatic carbocycles. The van der Waals surface area contributed by atoms with Crippen molar-refractivity contribution in [3.63, 3.8) is 0 Å². The Balaban J connectivity index is 1.85. The molecule has 0 radical (unpaired) electrons. The average molecular weight is 335 g/mol. The third-order valence-corrected chi connectivity index (χ3v) is 4.25. The molecule has 0 saturated carbocycles. The van der Waals surface area contributed by atoms with Gasteiger partial charge in [-0.1, -0.05) is 0 Å². The zero-order chi connectivity index (χ0) is 17.6. The Morgan fingerprint density at radius 1 is 1.24 bits per heavy atom. The highest BCUT2D eigenvalue weighted by molar-refractivity contribution is 5.83. The number of nitrogens with zero attached hydrogens (tertiary/aromatic N) is 4. The number of aliphatic hydroxyl groups excluding tert-OH is 1.